The van der Waals surface area contributed by atoms with Gasteiger partial charge in [0.05, 0.1) is 25.5 Å². The molecule has 0 aliphatic rings. The van der Waals surface area contributed by atoms with Gasteiger partial charge in [-0.1, -0.05) is 42.5 Å². The van der Waals surface area contributed by atoms with Crippen LogP contribution in [-0.4, -0.2) is 21.2 Å². The van der Waals surface area contributed by atoms with E-state index in [1.165, 1.54) is 12.1 Å². The van der Waals surface area contributed by atoms with E-state index in [9.17, 15) is 9.18 Å². The second kappa shape index (κ2) is 7.72. The van der Waals surface area contributed by atoms with Crippen LogP contribution >= 0.6 is 0 Å². The number of hydrogen-bond acceptors (Lipinski definition) is 3. The summed E-state index contributed by atoms with van der Waals surface area (Å²) in [5, 5.41) is 0.905. The lowest BCUT2D eigenvalue weighted by Crippen LogP contribution is -2.23. The van der Waals surface area contributed by atoms with Crippen molar-refractivity contribution in [3.05, 3.63) is 106 Å². The van der Waals surface area contributed by atoms with E-state index in [1.807, 2.05) is 59.2 Å². The molecule has 0 saturated carbocycles. The third-order valence-corrected chi connectivity index (χ3v) is 5.48. The Kier molecular flexibility index (Phi) is 4.75. The molecule has 0 N–H and O–H groups in total. The predicted molar refractivity (Wildman–Crippen MR) is 119 cm³/mol. The summed E-state index contributed by atoms with van der Waals surface area (Å²) in [5.41, 5.74) is 3.69. The molecule has 0 unspecified atom stereocenters. The average Bonchev–Trinajstić information content (AvgIpc) is 3.10. The van der Waals surface area contributed by atoms with Crippen LogP contribution in [0.15, 0.2) is 83.9 Å². The summed E-state index contributed by atoms with van der Waals surface area (Å²) < 4.78 is 22.5. The van der Waals surface area contributed by atoms with Crippen molar-refractivity contribution in [2.45, 2.75) is 13.1 Å². The van der Waals surface area contributed by atoms with Gasteiger partial charge < -0.3 is 9.30 Å². The summed E-state index contributed by atoms with van der Waals surface area (Å²) in [5.74, 6) is 0.466. The zero-order chi connectivity index (χ0) is 21.4. The number of fused-ring (bicyclic) bond motifs is 3. The highest BCUT2D eigenvalue weighted by molar-refractivity contribution is 6.05. The molecule has 6 heteroatoms. The largest absolute Gasteiger partial charge is 0.497 e. The highest BCUT2D eigenvalue weighted by atomic mass is 19.1. The molecule has 0 fully saturated rings. The van der Waals surface area contributed by atoms with Crippen LogP contribution < -0.4 is 10.3 Å². The number of hydrogen-bond donors (Lipinski definition) is 0. The SMILES string of the molecule is COc1ccc(Cn2cnc3c4ccccc4n(Cc4cccc(F)c4)c3c2=O)cc1. The summed E-state index contributed by atoms with van der Waals surface area (Å²) in [6.45, 7) is 0.776. The molecule has 0 saturated heterocycles. The van der Waals surface area contributed by atoms with Crippen molar-refractivity contribution in [2.24, 2.45) is 0 Å². The second-order valence-corrected chi connectivity index (χ2v) is 7.46. The number of aromatic nitrogens is 3. The van der Waals surface area contributed by atoms with Gasteiger partial charge in [-0.3, -0.25) is 9.36 Å². The highest BCUT2D eigenvalue weighted by Crippen LogP contribution is 2.26. The van der Waals surface area contributed by atoms with Crippen molar-refractivity contribution in [1.82, 2.24) is 14.1 Å². The molecule has 2 aromatic heterocycles. The standard InChI is InChI=1S/C25H20FN3O2/c1-31-20-11-9-17(10-12-20)14-28-16-27-23-21-7-2-3-8-22(21)29(24(23)25(28)30)15-18-5-4-6-19(26)13-18/h2-13,16H,14-15H2,1H3. The third-order valence-electron chi connectivity index (χ3n) is 5.48. The molecule has 0 spiro atoms. The van der Waals surface area contributed by atoms with Crippen LogP contribution in [0.1, 0.15) is 11.1 Å². The van der Waals surface area contributed by atoms with Crippen molar-refractivity contribution in [1.29, 1.82) is 0 Å². The van der Waals surface area contributed by atoms with Gasteiger partial charge >= 0.3 is 0 Å². The Labute approximate surface area is 178 Å². The third kappa shape index (κ3) is 3.46. The van der Waals surface area contributed by atoms with Crippen molar-refractivity contribution in [2.75, 3.05) is 7.11 Å². The smallest absolute Gasteiger partial charge is 0.278 e. The molecule has 3 aromatic carbocycles. The number of benzene rings is 3. The maximum absolute atomic E-state index is 13.8. The highest BCUT2D eigenvalue weighted by Gasteiger charge is 2.17. The molecule has 2 heterocycles. The molecule has 5 rings (SSSR count). The molecule has 0 aliphatic carbocycles. The van der Waals surface area contributed by atoms with E-state index in [1.54, 1.807) is 24.1 Å². The Morgan fingerprint density at radius 3 is 2.52 bits per heavy atom. The van der Waals surface area contributed by atoms with Gasteiger partial charge in [0.2, 0.25) is 0 Å². The predicted octanol–water partition coefficient (Wildman–Crippen LogP) is 4.60. The first kappa shape index (κ1) is 19.1. The van der Waals surface area contributed by atoms with Gasteiger partial charge in [0, 0.05) is 11.9 Å². The fraction of sp³-hybridized carbons (Fsp3) is 0.120. The molecule has 0 aliphatic heterocycles. The maximum Gasteiger partial charge on any atom is 0.278 e. The molecule has 0 radical (unpaired) electrons. The van der Waals surface area contributed by atoms with Gasteiger partial charge in [0.15, 0.2) is 0 Å². The van der Waals surface area contributed by atoms with E-state index in [0.29, 0.717) is 24.1 Å². The Hall–Kier alpha value is -3.93. The molecule has 154 valence electrons. The van der Waals surface area contributed by atoms with Crippen molar-refractivity contribution in [3.63, 3.8) is 0 Å². The monoisotopic (exact) mass is 413 g/mol. The van der Waals surface area contributed by atoms with Crippen LogP contribution in [0.25, 0.3) is 21.9 Å². The zero-order valence-electron chi connectivity index (χ0n) is 17.0. The first-order chi connectivity index (χ1) is 15.1. The summed E-state index contributed by atoms with van der Waals surface area (Å²) in [6, 6.07) is 21.8. The van der Waals surface area contributed by atoms with Gasteiger partial charge in [-0.05, 0) is 41.5 Å². The first-order valence-corrected chi connectivity index (χ1v) is 9.98. The summed E-state index contributed by atoms with van der Waals surface area (Å²) in [7, 11) is 1.62. The quantitative estimate of drug-likeness (QED) is 0.423. The Bertz CT molecular complexity index is 1450. The Morgan fingerprint density at radius 1 is 0.935 bits per heavy atom. The second-order valence-electron chi connectivity index (χ2n) is 7.46. The summed E-state index contributed by atoms with van der Waals surface area (Å²) in [6.07, 6.45) is 1.59. The van der Waals surface area contributed by atoms with E-state index in [0.717, 1.165) is 27.8 Å². The molecular weight excluding hydrogens is 393 g/mol. The zero-order valence-corrected chi connectivity index (χ0v) is 17.0. The molecule has 31 heavy (non-hydrogen) atoms. The molecule has 0 amide bonds. The van der Waals surface area contributed by atoms with Crippen LogP contribution in [0, 0.1) is 5.82 Å². The number of nitrogens with zero attached hydrogens (tertiary/aromatic N) is 3. The van der Waals surface area contributed by atoms with Crippen molar-refractivity contribution >= 4 is 21.9 Å². The van der Waals surface area contributed by atoms with E-state index in [-0.39, 0.29) is 11.4 Å². The Morgan fingerprint density at radius 2 is 1.74 bits per heavy atom. The van der Waals surface area contributed by atoms with Crippen LogP contribution in [0.3, 0.4) is 0 Å². The number of para-hydroxylation sites is 1. The van der Waals surface area contributed by atoms with Crippen molar-refractivity contribution in [3.8, 4) is 5.75 Å². The van der Waals surface area contributed by atoms with E-state index < -0.39 is 0 Å². The van der Waals surface area contributed by atoms with Gasteiger partial charge in [-0.25, -0.2) is 9.37 Å². The summed E-state index contributed by atoms with van der Waals surface area (Å²) >= 11 is 0. The fourth-order valence-electron chi connectivity index (χ4n) is 3.97. The Balaban J connectivity index is 1.66. The minimum Gasteiger partial charge on any atom is -0.497 e. The lowest BCUT2D eigenvalue weighted by atomic mass is 10.2. The van der Waals surface area contributed by atoms with Crippen LogP contribution in [0.4, 0.5) is 4.39 Å². The topological polar surface area (TPSA) is 49.0 Å². The molecular formula is C25H20FN3O2. The minimum atomic E-state index is -0.298. The van der Waals surface area contributed by atoms with Crippen LogP contribution in [-0.2, 0) is 13.1 Å². The number of rotatable bonds is 5. The number of halogens is 1. The number of methoxy groups -OCH3 is 1. The average molecular weight is 413 g/mol. The molecule has 0 atom stereocenters. The first-order valence-electron chi connectivity index (χ1n) is 9.98. The lowest BCUT2D eigenvalue weighted by molar-refractivity contribution is 0.414. The van der Waals surface area contributed by atoms with Gasteiger partial charge in [-0.15, -0.1) is 0 Å². The fourth-order valence-corrected chi connectivity index (χ4v) is 3.97. The van der Waals surface area contributed by atoms with Crippen molar-refractivity contribution < 1.29 is 9.13 Å². The van der Waals surface area contributed by atoms with Gasteiger partial charge in [0.1, 0.15) is 22.6 Å². The van der Waals surface area contributed by atoms with Gasteiger partial charge in [0.25, 0.3) is 5.56 Å². The van der Waals surface area contributed by atoms with E-state index in [4.69, 9.17) is 4.74 Å². The molecule has 5 nitrogen and oxygen atoms in total. The number of ether oxygens (including phenoxy) is 1. The van der Waals surface area contributed by atoms with E-state index >= 15 is 0 Å². The van der Waals surface area contributed by atoms with Gasteiger partial charge in [-0.2, -0.15) is 0 Å². The molecule has 5 aromatic rings. The lowest BCUT2D eigenvalue weighted by Gasteiger charge is -2.10. The van der Waals surface area contributed by atoms with Crippen LogP contribution in [0.5, 0.6) is 5.75 Å². The molecule has 0 bridgehead atoms. The van der Waals surface area contributed by atoms with Crippen LogP contribution in [0.2, 0.25) is 0 Å². The van der Waals surface area contributed by atoms with E-state index in [2.05, 4.69) is 4.98 Å². The minimum absolute atomic E-state index is 0.131. The normalized spacial score (nSPS) is 11.3. The summed E-state index contributed by atoms with van der Waals surface area (Å²) in [4.78, 5) is 18.1. The maximum atomic E-state index is 13.8.